The summed E-state index contributed by atoms with van der Waals surface area (Å²) in [4.78, 5) is 13.0. The van der Waals surface area contributed by atoms with Crippen LogP contribution in [0.25, 0.3) is 0 Å². The molecule has 0 aliphatic rings. The Balaban J connectivity index is 1.38. The lowest BCUT2D eigenvalue weighted by Crippen LogP contribution is -2.22. The van der Waals surface area contributed by atoms with E-state index < -0.39 is 9.84 Å². The number of sulfone groups is 1. The van der Waals surface area contributed by atoms with E-state index in [4.69, 9.17) is 4.74 Å². The molecular formula is C28H26N2O4S. The quantitative estimate of drug-likeness (QED) is 0.320. The average molecular weight is 487 g/mol. The summed E-state index contributed by atoms with van der Waals surface area (Å²) >= 11 is 0. The first-order chi connectivity index (χ1) is 16.8. The van der Waals surface area contributed by atoms with Crippen LogP contribution in [0.3, 0.4) is 0 Å². The summed E-state index contributed by atoms with van der Waals surface area (Å²) in [5, 5.41) is 5.95. The lowest BCUT2D eigenvalue weighted by molar-refractivity contribution is -0.114. The van der Waals surface area contributed by atoms with Crippen LogP contribution in [0.5, 0.6) is 11.5 Å². The van der Waals surface area contributed by atoms with E-state index in [9.17, 15) is 13.2 Å². The van der Waals surface area contributed by atoms with Gasteiger partial charge in [-0.25, -0.2) is 8.42 Å². The Labute approximate surface area is 205 Å². The van der Waals surface area contributed by atoms with Crippen LogP contribution in [-0.2, 0) is 14.6 Å². The highest BCUT2D eigenvalue weighted by Gasteiger charge is 2.21. The van der Waals surface area contributed by atoms with Crippen molar-refractivity contribution in [3.05, 3.63) is 108 Å². The molecule has 0 atom stereocenters. The number of ether oxygens (including phenoxy) is 1. The molecule has 0 spiro atoms. The largest absolute Gasteiger partial charge is 0.457 e. The minimum absolute atomic E-state index is 0.0350. The van der Waals surface area contributed by atoms with E-state index in [0.717, 1.165) is 11.3 Å². The summed E-state index contributed by atoms with van der Waals surface area (Å²) in [6, 6.07) is 28.2. The minimum atomic E-state index is -3.62. The van der Waals surface area contributed by atoms with Crippen LogP contribution in [0.1, 0.15) is 11.1 Å². The Morgan fingerprint density at radius 1 is 0.743 bits per heavy atom. The monoisotopic (exact) mass is 486 g/mol. The van der Waals surface area contributed by atoms with Crippen molar-refractivity contribution in [2.75, 3.05) is 17.2 Å². The van der Waals surface area contributed by atoms with E-state index in [0.29, 0.717) is 22.7 Å². The molecule has 0 aliphatic heterocycles. The summed E-state index contributed by atoms with van der Waals surface area (Å²) in [7, 11) is -3.62. The molecule has 4 rings (SSSR count). The van der Waals surface area contributed by atoms with Crippen molar-refractivity contribution in [3.63, 3.8) is 0 Å². The fourth-order valence-electron chi connectivity index (χ4n) is 3.62. The van der Waals surface area contributed by atoms with Gasteiger partial charge in [0.2, 0.25) is 15.7 Å². The third-order valence-electron chi connectivity index (χ3n) is 5.64. The molecule has 2 N–H and O–H groups in total. The SMILES string of the molecule is Cc1c(NCC(=O)Nc2ccc(Oc3ccccc3)cc2)ccc(S(=O)(=O)c2ccccc2)c1C. The Morgan fingerprint density at radius 3 is 2.00 bits per heavy atom. The van der Waals surface area contributed by atoms with Crippen LogP contribution in [0.4, 0.5) is 11.4 Å². The minimum Gasteiger partial charge on any atom is -0.457 e. The lowest BCUT2D eigenvalue weighted by Gasteiger charge is -2.15. The van der Waals surface area contributed by atoms with Crippen LogP contribution in [0.15, 0.2) is 107 Å². The molecule has 0 aliphatic carbocycles. The predicted molar refractivity (Wildman–Crippen MR) is 138 cm³/mol. The molecule has 0 saturated heterocycles. The van der Waals surface area contributed by atoms with Gasteiger partial charge >= 0.3 is 0 Å². The van der Waals surface area contributed by atoms with Crippen molar-refractivity contribution >= 4 is 27.1 Å². The topological polar surface area (TPSA) is 84.5 Å². The molecule has 0 unspecified atom stereocenters. The van der Waals surface area contributed by atoms with E-state index >= 15 is 0 Å². The second kappa shape index (κ2) is 10.4. The fourth-order valence-corrected chi connectivity index (χ4v) is 5.19. The van der Waals surface area contributed by atoms with Crippen LogP contribution in [0, 0.1) is 13.8 Å². The molecular weight excluding hydrogens is 460 g/mol. The number of rotatable bonds is 8. The van der Waals surface area contributed by atoms with Crippen molar-refractivity contribution < 1.29 is 17.9 Å². The van der Waals surface area contributed by atoms with Crippen molar-refractivity contribution in [3.8, 4) is 11.5 Å². The third-order valence-corrected chi connectivity index (χ3v) is 7.55. The fraction of sp³-hybridized carbons (Fsp3) is 0.107. The molecule has 0 aromatic heterocycles. The number of amides is 1. The normalized spacial score (nSPS) is 11.0. The molecule has 1 amide bonds. The number of nitrogens with one attached hydrogen (secondary N) is 2. The zero-order valence-corrected chi connectivity index (χ0v) is 20.3. The summed E-state index contributed by atoms with van der Waals surface area (Å²) < 4.78 is 31.8. The van der Waals surface area contributed by atoms with E-state index in [2.05, 4.69) is 10.6 Å². The zero-order valence-electron chi connectivity index (χ0n) is 19.5. The molecule has 0 saturated carbocycles. The number of carbonyl (C=O) groups excluding carboxylic acids is 1. The Hall–Kier alpha value is -4.10. The van der Waals surface area contributed by atoms with Crippen LogP contribution >= 0.6 is 0 Å². The summed E-state index contributed by atoms with van der Waals surface area (Å²) in [5.41, 5.74) is 2.77. The molecule has 178 valence electrons. The van der Waals surface area contributed by atoms with Crippen molar-refractivity contribution in [1.29, 1.82) is 0 Å². The first-order valence-electron chi connectivity index (χ1n) is 11.1. The average Bonchev–Trinajstić information content (AvgIpc) is 2.87. The van der Waals surface area contributed by atoms with E-state index in [1.54, 1.807) is 73.7 Å². The smallest absolute Gasteiger partial charge is 0.243 e. The van der Waals surface area contributed by atoms with Crippen LogP contribution in [-0.4, -0.2) is 20.9 Å². The first-order valence-corrected chi connectivity index (χ1v) is 12.6. The van der Waals surface area contributed by atoms with Gasteiger partial charge in [-0.05, 0) is 85.6 Å². The molecule has 6 nitrogen and oxygen atoms in total. The number of anilines is 2. The van der Waals surface area contributed by atoms with Gasteiger partial charge in [0.05, 0.1) is 16.3 Å². The Bertz CT molecular complexity index is 1420. The number of para-hydroxylation sites is 1. The molecule has 0 heterocycles. The van der Waals surface area contributed by atoms with Gasteiger partial charge in [-0.2, -0.15) is 0 Å². The highest BCUT2D eigenvalue weighted by Crippen LogP contribution is 2.29. The number of carbonyl (C=O) groups is 1. The third kappa shape index (κ3) is 5.70. The van der Waals surface area contributed by atoms with Crippen molar-refractivity contribution in [2.45, 2.75) is 23.6 Å². The first kappa shape index (κ1) is 24.0. The number of hydrogen-bond acceptors (Lipinski definition) is 5. The van der Waals surface area contributed by atoms with E-state index in [-0.39, 0.29) is 22.2 Å². The van der Waals surface area contributed by atoms with Gasteiger partial charge in [-0.15, -0.1) is 0 Å². The van der Waals surface area contributed by atoms with E-state index in [1.807, 2.05) is 37.3 Å². The van der Waals surface area contributed by atoms with Gasteiger partial charge in [0.25, 0.3) is 0 Å². The second-order valence-electron chi connectivity index (χ2n) is 8.02. The summed E-state index contributed by atoms with van der Waals surface area (Å²) in [6.07, 6.45) is 0. The van der Waals surface area contributed by atoms with Gasteiger partial charge in [0.15, 0.2) is 0 Å². The molecule has 35 heavy (non-hydrogen) atoms. The zero-order chi connectivity index (χ0) is 24.8. The number of hydrogen-bond donors (Lipinski definition) is 2. The lowest BCUT2D eigenvalue weighted by atomic mass is 10.1. The van der Waals surface area contributed by atoms with Crippen molar-refractivity contribution in [2.24, 2.45) is 0 Å². The van der Waals surface area contributed by atoms with Gasteiger partial charge < -0.3 is 15.4 Å². The Morgan fingerprint density at radius 2 is 1.34 bits per heavy atom. The molecule has 0 bridgehead atoms. The molecule has 0 radical (unpaired) electrons. The van der Waals surface area contributed by atoms with Gasteiger partial charge in [0, 0.05) is 11.4 Å². The highest BCUT2D eigenvalue weighted by molar-refractivity contribution is 7.91. The second-order valence-corrected chi connectivity index (χ2v) is 9.94. The maximum absolute atomic E-state index is 13.0. The molecule has 4 aromatic carbocycles. The maximum Gasteiger partial charge on any atom is 0.243 e. The Kier molecular flexibility index (Phi) is 7.17. The van der Waals surface area contributed by atoms with Crippen LogP contribution in [0.2, 0.25) is 0 Å². The maximum atomic E-state index is 13.0. The summed E-state index contributed by atoms with van der Waals surface area (Å²) in [6.45, 7) is 3.65. The van der Waals surface area contributed by atoms with Crippen molar-refractivity contribution in [1.82, 2.24) is 0 Å². The van der Waals surface area contributed by atoms with Gasteiger partial charge in [0.1, 0.15) is 11.5 Å². The summed E-state index contributed by atoms with van der Waals surface area (Å²) in [5.74, 6) is 1.19. The standard InChI is InChI=1S/C28H26N2O4S/c1-20-21(2)27(35(32,33)25-11-7-4-8-12-25)18-17-26(20)29-19-28(31)30-22-13-15-24(16-14-22)34-23-9-5-3-6-10-23/h3-18,29H,19H2,1-2H3,(H,30,31). The molecule has 7 heteroatoms. The van der Waals surface area contributed by atoms with E-state index in [1.165, 1.54) is 0 Å². The predicted octanol–water partition coefficient (Wildman–Crippen LogP) is 5.98. The molecule has 4 aromatic rings. The van der Waals surface area contributed by atoms with Gasteiger partial charge in [-0.3, -0.25) is 4.79 Å². The number of benzene rings is 4. The molecule has 0 fully saturated rings. The van der Waals surface area contributed by atoms with Crippen LogP contribution < -0.4 is 15.4 Å². The highest BCUT2D eigenvalue weighted by atomic mass is 32.2. The van der Waals surface area contributed by atoms with Gasteiger partial charge in [-0.1, -0.05) is 36.4 Å².